The van der Waals surface area contributed by atoms with E-state index in [2.05, 4.69) is 0 Å². The van der Waals surface area contributed by atoms with Crippen molar-refractivity contribution in [3.8, 4) is 0 Å². The lowest BCUT2D eigenvalue weighted by atomic mass is 10.1. The van der Waals surface area contributed by atoms with Crippen LogP contribution in [-0.4, -0.2) is 31.3 Å². The highest BCUT2D eigenvalue weighted by Crippen LogP contribution is 2.25. The second-order valence-electron chi connectivity index (χ2n) is 4.76. The Morgan fingerprint density at radius 3 is 2.47 bits per heavy atom. The number of piperidine rings is 1. The summed E-state index contributed by atoms with van der Waals surface area (Å²) in [6.07, 6.45) is 1.70. The molecule has 0 radical (unpaired) electrons. The first-order valence-electron chi connectivity index (χ1n) is 6.22. The normalized spacial score (nSPS) is 21.2. The van der Waals surface area contributed by atoms with Gasteiger partial charge in [-0.3, -0.25) is 0 Å². The monoisotopic (exact) mass is 282 g/mol. The first-order valence-corrected chi connectivity index (χ1v) is 7.66. The number of hydrogen-bond acceptors (Lipinski definition) is 4. The highest BCUT2D eigenvalue weighted by molar-refractivity contribution is 7.89. The van der Waals surface area contributed by atoms with Crippen molar-refractivity contribution in [1.82, 2.24) is 4.31 Å². The number of carbonyl (C=O) groups is 1. The van der Waals surface area contributed by atoms with Gasteiger partial charge in [-0.1, -0.05) is 24.1 Å². The molecule has 0 aliphatic carbocycles. The number of benzene rings is 1. The molecule has 5 nitrogen and oxygen atoms in total. The van der Waals surface area contributed by atoms with Crippen LogP contribution in [0.25, 0.3) is 0 Å². The lowest BCUT2D eigenvalue weighted by Gasteiger charge is -2.35. The highest BCUT2D eigenvalue weighted by atomic mass is 32.2. The van der Waals surface area contributed by atoms with Crippen LogP contribution >= 0.6 is 0 Å². The Morgan fingerprint density at radius 1 is 1.26 bits per heavy atom. The van der Waals surface area contributed by atoms with E-state index in [4.69, 9.17) is 0 Å². The highest BCUT2D eigenvalue weighted by Gasteiger charge is 2.34. The third-order valence-corrected chi connectivity index (χ3v) is 5.28. The lowest BCUT2D eigenvalue weighted by Crippen LogP contribution is -2.52. The largest absolute Gasteiger partial charge is 0.548 e. The summed E-state index contributed by atoms with van der Waals surface area (Å²) < 4.78 is 25.9. The maximum Gasteiger partial charge on any atom is 0.243 e. The fourth-order valence-electron chi connectivity index (χ4n) is 2.27. The minimum Gasteiger partial charge on any atom is -0.548 e. The molecular formula is C13H16NO4S-. The number of nitrogens with zero attached hydrogens (tertiary/aromatic N) is 1. The van der Waals surface area contributed by atoms with Gasteiger partial charge < -0.3 is 9.90 Å². The van der Waals surface area contributed by atoms with Gasteiger partial charge in [-0.25, -0.2) is 8.42 Å². The summed E-state index contributed by atoms with van der Waals surface area (Å²) in [4.78, 5) is 11.2. The minimum atomic E-state index is -3.76. The van der Waals surface area contributed by atoms with Gasteiger partial charge in [0.2, 0.25) is 10.0 Å². The van der Waals surface area contributed by atoms with E-state index in [1.807, 2.05) is 6.92 Å². The quantitative estimate of drug-likeness (QED) is 0.798. The van der Waals surface area contributed by atoms with E-state index in [1.54, 1.807) is 12.1 Å². The number of hydrogen-bond donors (Lipinski definition) is 0. The summed E-state index contributed by atoms with van der Waals surface area (Å²) in [5.74, 6) is -1.32. The Morgan fingerprint density at radius 2 is 1.89 bits per heavy atom. The molecule has 1 atom stereocenters. The van der Waals surface area contributed by atoms with Gasteiger partial charge >= 0.3 is 0 Å². The lowest BCUT2D eigenvalue weighted by molar-refractivity contribution is -0.311. The molecule has 6 heteroatoms. The summed E-state index contributed by atoms with van der Waals surface area (Å²) in [6, 6.07) is 5.35. The predicted molar refractivity (Wildman–Crippen MR) is 67.7 cm³/mol. The van der Waals surface area contributed by atoms with E-state index in [9.17, 15) is 18.3 Å². The zero-order valence-electron chi connectivity index (χ0n) is 10.7. The summed E-state index contributed by atoms with van der Waals surface area (Å²) in [7, 11) is -3.76. The van der Waals surface area contributed by atoms with Gasteiger partial charge in [0, 0.05) is 6.54 Å². The van der Waals surface area contributed by atoms with Gasteiger partial charge in [-0.05, 0) is 31.9 Å². The third-order valence-electron chi connectivity index (χ3n) is 3.35. The molecule has 1 saturated heterocycles. The molecule has 0 amide bonds. The molecular weight excluding hydrogens is 266 g/mol. The van der Waals surface area contributed by atoms with Crippen molar-refractivity contribution >= 4 is 16.0 Å². The average molecular weight is 282 g/mol. The Balaban J connectivity index is 2.37. The maximum atomic E-state index is 12.4. The zero-order chi connectivity index (χ0) is 14.0. The van der Waals surface area contributed by atoms with Gasteiger partial charge in [0.15, 0.2) is 0 Å². The minimum absolute atomic E-state index is 0.131. The maximum absolute atomic E-state index is 12.4. The molecule has 1 heterocycles. The van der Waals surface area contributed by atoms with Crippen molar-refractivity contribution in [2.75, 3.05) is 6.54 Å². The molecule has 0 aromatic heterocycles. The zero-order valence-corrected chi connectivity index (χ0v) is 11.5. The van der Waals surface area contributed by atoms with Crippen LogP contribution in [0.4, 0.5) is 0 Å². The molecule has 19 heavy (non-hydrogen) atoms. The van der Waals surface area contributed by atoms with Gasteiger partial charge in [-0.2, -0.15) is 4.31 Å². The smallest absolute Gasteiger partial charge is 0.243 e. The topological polar surface area (TPSA) is 77.5 Å². The van der Waals surface area contributed by atoms with Crippen molar-refractivity contribution in [2.45, 2.75) is 37.1 Å². The fourth-order valence-corrected chi connectivity index (χ4v) is 3.92. The van der Waals surface area contributed by atoms with Crippen molar-refractivity contribution < 1.29 is 18.3 Å². The van der Waals surface area contributed by atoms with E-state index in [0.29, 0.717) is 19.3 Å². The van der Waals surface area contributed by atoms with E-state index in [-0.39, 0.29) is 11.4 Å². The van der Waals surface area contributed by atoms with Crippen LogP contribution in [0.1, 0.15) is 24.8 Å². The molecule has 1 aromatic rings. The van der Waals surface area contributed by atoms with Gasteiger partial charge in [-0.15, -0.1) is 0 Å². The van der Waals surface area contributed by atoms with E-state index < -0.39 is 22.0 Å². The molecule has 0 saturated carbocycles. The van der Waals surface area contributed by atoms with Crippen LogP contribution in [0.15, 0.2) is 29.2 Å². The SMILES string of the molecule is Cc1ccc(S(=O)(=O)N2CCCCC2C(=O)[O-])cc1. The number of carboxylic acids is 1. The predicted octanol–water partition coefficient (Wildman–Crippen LogP) is 0.288. The molecule has 0 N–H and O–H groups in total. The van der Waals surface area contributed by atoms with Crippen molar-refractivity contribution in [1.29, 1.82) is 0 Å². The number of sulfonamides is 1. The van der Waals surface area contributed by atoms with Crippen LogP contribution < -0.4 is 5.11 Å². The van der Waals surface area contributed by atoms with Crippen LogP contribution in [0.3, 0.4) is 0 Å². The molecule has 0 bridgehead atoms. The van der Waals surface area contributed by atoms with Gasteiger partial charge in [0.05, 0.1) is 16.9 Å². The number of aliphatic carboxylic acids is 1. The number of aryl methyl sites for hydroxylation is 1. The van der Waals surface area contributed by atoms with Crippen molar-refractivity contribution in [3.05, 3.63) is 29.8 Å². The van der Waals surface area contributed by atoms with Gasteiger partial charge in [0.1, 0.15) is 0 Å². The Bertz CT molecular complexity index is 565. The molecule has 1 aliphatic heterocycles. The number of carboxylic acid groups (broad SMARTS) is 1. The Labute approximate surface area is 112 Å². The molecule has 1 aromatic carbocycles. The molecule has 104 valence electrons. The van der Waals surface area contributed by atoms with E-state index >= 15 is 0 Å². The van der Waals surface area contributed by atoms with Gasteiger partial charge in [0.25, 0.3) is 0 Å². The number of carbonyl (C=O) groups excluding carboxylic acids is 1. The second kappa shape index (κ2) is 5.30. The van der Waals surface area contributed by atoms with Crippen LogP contribution in [0.2, 0.25) is 0 Å². The van der Waals surface area contributed by atoms with Crippen molar-refractivity contribution in [3.63, 3.8) is 0 Å². The first-order chi connectivity index (χ1) is 8.93. The fraction of sp³-hybridized carbons (Fsp3) is 0.462. The average Bonchev–Trinajstić information content (AvgIpc) is 2.39. The summed E-state index contributed by atoms with van der Waals surface area (Å²) in [5.41, 5.74) is 0.953. The van der Waals surface area contributed by atoms with E-state index in [1.165, 1.54) is 12.1 Å². The Hall–Kier alpha value is -1.40. The summed E-state index contributed by atoms with van der Waals surface area (Å²) in [5, 5.41) is 11.1. The molecule has 2 rings (SSSR count). The van der Waals surface area contributed by atoms with E-state index in [0.717, 1.165) is 9.87 Å². The van der Waals surface area contributed by atoms with Crippen LogP contribution in [0, 0.1) is 6.92 Å². The second-order valence-corrected chi connectivity index (χ2v) is 6.65. The molecule has 1 unspecified atom stereocenters. The first kappa shape index (κ1) is 14.0. The standard InChI is InChI=1S/C13H17NO4S/c1-10-5-7-11(8-6-10)19(17,18)14-9-3-2-4-12(14)13(15)16/h5-8,12H,2-4,9H2,1H3,(H,15,16)/p-1. The van der Waals surface area contributed by atoms with Crippen molar-refractivity contribution in [2.24, 2.45) is 0 Å². The molecule has 1 fully saturated rings. The summed E-state index contributed by atoms with van der Waals surface area (Å²) in [6.45, 7) is 2.09. The molecule has 0 spiro atoms. The number of rotatable bonds is 3. The third kappa shape index (κ3) is 2.79. The molecule has 1 aliphatic rings. The van der Waals surface area contributed by atoms with Crippen LogP contribution in [-0.2, 0) is 14.8 Å². The Kier molecular flexibility index (Phi) is 3.91. The summed E-state index contributed by atoms with van der Waals surface area (Å²) >= 11 is 0. The van der Waals surface area contributed by atoms with Crippen LogP contribution in [0.5, 0.6) is 0 Å².